The predicted molar refractivity (Wildman–Crippen MR) is 324 cm³/mol. The van der Waals surface area contributed by atoms with Crippen LogP contribution in [0.4, 0.5) is 0 Å². The fraction of sp³-hybridized carbons (Fsp3) is 0. The van der Waals surface area contributed by atoms with Crippen molar-refractivity contribution >= 4 is 94.2 Å². The van der Waals surface area contributed by atoms with E-state index in [0.29, 0.717) is 0 Å². The Bertz CT molecular complexity index is 4640. The number of fused-ring (bicyclic) bond motifs is 9. The van der Waals surface area contributed by atoms with Crippen LogP contribution in [0.15, 0.2) is 297 Å². The van der Waals surface area contributed by atoms with Crippen molar-refractivity contribution in [1.82, 2.24) is 13.7 Å². The van der Waals surface area contributed by atoms with Gasteiger partial charge in [-0.2, -0.15) is 0 Å². The molecular formula is C72H49N3Si. The van der Waals surface area contributed by atoms with Crippen LogP contribution in [0, 0.1) is 0 Å². The lowest BCUT2D eigenvalue weighted by molar-refractivity contribution is 1.17. The number of benzene rings is 12. The third-order valence-corrected chi connectivity index (χ3v) is 20.7. The summed E-state index contributed by atoms with van der Waals surface area (Å²) in [6, 6.07) is 110. The van der Waals surface area contributed by atoms with Gasteiger partial charge in [0.15, 0.2) is 8.07 Å². The highest BCUT2D eigenvalue weighted by Crippen LogP contribution is 2.43. The average molecular weight is 984 g/mol. The van der Waals surface area contributed by atoms with E-state index in [1.54, 1.807) is 0 Å². The van der Waals surface area contributed by atoms with E-state index in [1.807, 2.05) is 0 Å². The molecule has 0 N–H and O–H groups in total. The van der Waals surface area contributed by atoms with E-state index in [4.69, 9.17) is 0 Å². The van der Waals surface area contributed by atoms with Crippen LogP contribution in [0.5, 0.6) is 0 Å². The molecule has 0 fully saturated rings. The number of rotatable bonds is 9. The van der Waals surface area contributed by atoms with E-state index in [9.17, 15) is 0 Å². The molecule has 3 aromatic heterocycles. The van der Waals surface area contributed by atoms with Crippen LogP contribution in [0.3, 0.4) is 0 Å². The van der Waals surface area contributed by atoms with E-state index in [0.717, 1.165) is 17.1 Å². The minimum atomic E-state index is -3.03. The van der Waals surface area contributed by atoms with Gasteiger partial charge in [-0.3, -0.25) is 0 Å². The number of nitrogens with zero attached hydrogens (tertiary/aromatic N) is 3. The van der Waals surface area contributed by atoms with Gasteiger partial charge in [-0.1, -0.05) is 224 Å². The Morgan fingerprint density at radius 1 is 0.211 bits per heavy atom. The summed E-state index contributed by atoms with van der Waals surface area (Å²) < 4.78 is 7.38. The van der Waals surface area contributed by atoms with Gasteiger partial charge in [0.05, 0.1) is 33.1 Å². The third-order valence-electron chi connectivity index (χ3n) is 16.0. The summed E-state index contributed by atoms with van der Waals surface area (Å²) in [5.74, 6) is 0. The Labute approximate surface area is 442 Å². The second-order valence-electron chi connectivity index (χ2n) is 20.0. The van der Waals surface area contributed by atoms with Gasteiger partial charge in [0.1, 0.15) is 0 Å². The number of hydrogen-bond acceptors (Lipinski definition) is 0. The molecule has 0 saturated heterocycles. The van der Waals surface area contributed by atoms with Crippen molar-refractivity contribution in [3.05, 3.63) is 297 Å². The fourth-order valence-corrected chi connectivity index (χ4v) is 17.6. The van der Waals surface area contributed by atoms with E-state index >= 15 is 0 Å². The monoisotopic (exact) mass is 983 g/mol. The van der Waals surface area contributed by atoms with Gasteiger partial charge < -0.3 is 13.7 Å². The van der Waals surface area contributed by atoms with Crippen LogP contribution in [-0.4, -0.2) is 21.8 Å². The van der Waals surface area contributed by atoms with Crippen LogP contribution in [0.25, 0.3) is 105 Å². The number of hydrogen-bond donors (Lipinski definition) is 0. The zero-order valence-electron chi connectivity index (χ0n) is 41.6. The van der Waals surface area contributed by atoms with Crippen LogP contribution in [0.2, 0.25) is 0 Å². The highest BCUT2D eigenvalue weighted by molar-refractivity contribution is 7.20. The van der Waals surface area contributed by atoms with Gasteiger partial charge in [0.2, 0.25) is 0 Å². The van der Waals surface area contributed by atoms with Crippen molar-refractivity contribution in [2.45, 2.75) is 0 Å². The molecule has 0 aliphatic carbocycles. The molecule has 0 radical (unpaired) electrons. The van der Waals surface area contributed by atoms with Crippen LogP contribution >= 0.6 is 0 Å². The van der Waals surface area contributed by atoms with Crippen molar-refractivity contribution in [1.29, 1.82) is 0 Å². The molecule has 0 saturated carbocycles. The van der Waals surface area contributed by atoms with Crippen LogP contribution in [0.1, 0.15) is 0 Å². The average Bonchev–Trinajstić information content (AvgIpc) is 4.15. The standard InChI is InChI=1S/C72H49N3Si/c1-5-23-50(24-6-1)58-33-13-14-34-59(58)62-38-22-42-71-72(62)63-37-17-20-41-68(63)75(71)53-43-45-69-64(48-53)60-35-15-19-40-67(60)74(69)52-27-21-32-56(47-52)76(54-28-9-3-10-29-54,55-30-11-4-12-31-55)57-44-46-70-65(49-57)61-36-16-18-39-66(61)73(70)51-25-7-2-8-26-51/h1-49H. The lowest BCUT2D eigenvalue weighted by Gasteiger charge is -2.35. The minimum Gasteiger partial charge on any atom is -0.309 e. The molecule has 3 nitrogen and oxygen atoms in total. The highest BCUT2D eigenvalue weighted by Gasteiger charge is 2.42. The van der Waals surface area contributed by atoms with Gasteiger partial charge >= 0.3 is 0 Å². The predicted octanol–water partition coefficient (Wildman–Crippen LogP) is 15.7. The first-order valence-corrected chi connectivity index (χ1v) is 28.3. The summed E-state index contributed by atoms with van der Waals surface area (Å²) >= 11 is 0. The van der Waals surface area contributed by atoms with Crippen molar-refractivity contribution in [2.75, 3.05) is 0 Å². The molecule has 0 bridgehead atoms. The second kappa shape index (κ2) is 17.7. The van der Waals surface area contributed by atoms with E-state index in [-0.39, 0.29) is 0 Å². The molecular weight excluding hydrogens is 935 g/mol. The van der Waals surface area contributed by atoms with E-state index in [2.05, 4.69) is 311 Å². The normalized spacial score (nSPS) is 11.9. The first-order valence-electron chi connectivity index (χ1n) is 26.3. The topological polar surface area (TPSA) is 14.8 Å². The maximum atomic E-state index is 2.53. The quantitative estimate of drug-likeness (QED) is 0.101. The Hall–Kier alpha value is -9.74. The summed E-state index contributed by atoms with van der Waals surface area (Å²) in [6.07, 6.45) is 0. The van der Waals surface area contributed by atoms with Gasteiger partial charge in [-0.15, -0.1) is 0 Å². The van der Waals surface area contributed by atoms with Gasteiger partial charge in [-0.05, 0) is 116 Å². The number of para-hydroxylation sites is 4. The molecule has 3 heterocycles. The van der Waals surface area contributed by atoms with Gasteiger partial charge in [-0.25, -0.2) is 0 Å². The molecule has 76 heavy (non-hydrogen) atoms. The lowest BCUT2D eigenvalue weighted by atomic mass is 9.92. The van der Waals surface area contributed by atoms with Crippen molar-refractivity contribution < 1.29 is 0 Å². The highest BCUT2D eigenvalue weighted by atomic mass is 28.3. The fourth-order valence-electron chi connectivity index (χ4n) is 12.8. The molecule has 0 unspecified atom stereocenters. The Morgan fingerprint density at radius 2 is 0.618 bits per heavy atom. The molecule has 0 atom stereocenters. The SMILES string of the molecule is c1ccc(-c2ccccc2-c2cccc3c2c2ccccc2n3-c2ccc3c(c2)c2ccccc2n3-c2cccc([Si](c3ccccc3)(c3ccccc3)c3ccc4c(c3)c3ccccc3n4-c3ccccc3)c2)cc1. The largest absolute Gasteiger partial charge is 0.309 e. The Balaban J connectivity index is 0.939. The molecule has 0 spiro atoms. The van der Waals surface area contributed by atoms with Gasteiger partial charge in [0.25, 0.3) is 0 Å². The van der Waals surface area contributed by atoms with Crippen molar-refractivity contribution in [2.24, 2.45) is 0 Å². The molecule has 356 valence electrons. The smallest absolute Gasteiger partial charge is 0.179 e. The lowest BCUT2D eigenvalue weighted by Crippen LogP contribution is -2.74. The summed E-state index contributed by atoms with van der Waals surface area (Å²) in [5, 5.41) is 12.8. The van der Waals surface area contributed by atoms with Crippen LogP contribution in [-0.2, 0) is 0 Å². The summed E-state index contributed by atoms with van der Waals surface area (Å²) in [5.41, 5.74) is 15.4. The van der Waals surface area contributed by atoms with E-state index in [1.165, 1.54) is 108 Å². The maximum Gasteiger partial charge on any atom is 0.179 e. The molecule has 15 rings (SSSR count). The molecule has 0 aliphatic rings. The molecule has 15 aromatic rings. The number of aromatic nitrogens is 3. The second-order valence-corrected chi connectivity index (χ2v) is 23.8. The third kappa shape index (κ3) is 6.68. The Morgan fingerprint density at radius 3 is 1.29 bits per heavy atom. The van der Waals surface area contributed by atoms with E-state index < -0.39 is 8.07 Å². The molecule has 12 aromatic carbocycles. The molecule has 0 aliphatic heterocycles. The first kappa shape index (κ1) is 43.8. The first-order chi connectivity index (χ1) is 37.7. The minimum absolute atomic E-state index is 1.13. The van der Waals surface area contributed by atoms with Crippen molar-refractivity contribution in [3.63, 3.8) is 0 Å². The van der Waals surface area contributed by atoms with Gasteiger partial charge in [0, 0.05) is 49.4 Å². The van der Waals surface area contributed by atoms with Crippen LogP contribution < -0.4 is 20.7 Å². The zero-order chi connectivity index (χ0) is 50.2. The molecule has 4 heteroatoms. The Kier molecular flexibility index (Phi) is 10.2. The summed E-state index contributed by atoms with van der Waals surface area (Å²) in [6.45, 7) is 0. The maximum absolute atomic E-state index is 3.03. The summed E-state index contributed by atoms with van der Waals surface area (Å²) in [4.78, 5) is 0. The molecule has 0 amide bonds. The van der Waals surface area contributed by atoms with Crippen molar-refractivity contribution in [3.8, 4) is 39.3 Å². The summed E-state index contributed by atoms with van der Waals surface area (Å²) in [7, 11) is -3.03. The zero-order valence-corrected chi connectivity index (χ0v) is 42.6.